The second kappa shape index (κ2) is 14.1. The van der Waals surface area contributed by atoms with Crippen LogP contribution >= 0.6 is 0 Å². The van der Waals surface area contributed by atoms with E-state index in [4.69, 9.17) is 24.2 Å². The molecular weight excluding hydrogens is 620 g/mol. The minimum atomic E-state index is -0.542. The first-order chi connectivity index (χ1) is 23.3. The number of hydrogen-bond acceptors (Lipinski definition) is 7. The Kier molecular flexibility index (Phi) is 9.83. The summed E-state index contributed by atoms with van der Waals surface area (Å²) in [5, 5.41) is 0. The van der Waals surface area contributed by atoms with Crippen molar-refractivity contribution < 1.29 is 23.8 Å². The monoisotopic (exact) mass is 668 g/mol. The highest BCUT2D eigenvalue weighted by atomic mass is 16.6. The SMILES string of the molecule is CC(C)(C)OC(=O)N1CCC[C@H]1c1nc(-c2ccc(COCc3cccc(-c4c[nH]c([C@@H]5CCCN5C(=O)OC(C)(C)C)n4)c3)cc2)c[nH]1. The van der Waals surface area contributed by atoms with Crippen LogP contribution in [0.4, 0.5) is 9.59 Å². The number of aromatic amines is 2. The van der Waals surface area contributed by atoms with Crippen LogP contribution in [0.25, 0.3) is 22.5 Å². The summed E-state index contributed by atoms with van der Waals surface area (Å²) < 4.78 is 17.3. The number of likely N-dealkylation sites (tertiary alicyclic amines) is 2. The fraction of sp³-hybridized carbons (Fsp3) is 0.474. The Bertz CT molecular complexity index is 1750. The van der Waals surface area contributed by atoms with Crippen LogP contribution in [0.15, 0.2) is 60.9 Å². The topological polar surface area (TPSA) is 126 Å². The molecule has 2 aromatic heterocycles. The molecule has 0 radical (unpaired) electrons. The van der Waals surface area contributed by atoms with Crippen LogP contribution in [-0.2, 0) is 27.4 Å². The summed E-state index contributed by atoms with van der Waals surface area (Å²) in [7, 11) is 0. The van der Waals surface area contributed by atoms with Crippen molar-refractivity contribution in [2.45, 2.75) is 104 Å². The number of rotatable bonds is 8. The molecule has 2 fully saturated rings. The predicted molar refractivity (Wildman–Crippen MR) is 186 cm³/mol. The lowest BCUT2D eigenvalue weighted by atomic mass is 10.1. The summed E-state index contributed by atoms with van der Waals surface area (Å²) in [6.45, 7) is 13.5. The normalized spacial score (nSPS) is 18.2. The molecule has 11 heteroatoms. The van der Waals surface area contributed by atoms with Gasteiger partial charge in [0.15, 0.2) is 0 Å². The second-order valence-electron chi connectivity index (χ2n) is 14.9. The molecule has 0 unspecified atom stereocenters. The molecule has 2 N–H and O–H groups in total. The maximum Gasteiger partial charge on any atom is 0.410 e. The number of imidazole rings is 2. The van der Waals surface area contributed by atoms with Gasteiger partial charge in [0, 0.05) is 36.6 Å². The third kappa shape index (κ3) is 8.51. The third-order valence-electron chi connectivity index (χ3n) is 8.60. The van der Waals surface area contributed by atoms with Crippen LogP contribution in [-0.4, -0.2) is 66.2 Å². The first-order valence-corrected chi connectivity index (χ1v) is 17.2. The predicted octanol–water partition coefficient (Wildman–Crippen LogP) is 8.33. The van der Waals surface area contributed by atoms with Crippen molar-refractivity contribution in [2.24, 2.45) is 0 Å². The number of ether oxygens (including phenoxy) is 3. The van der Waals surface area contributed by atoms with Gasteiger partial charge < -0.3 is 24.2 Å². The number of carbonyl (C=O) groups excluding carboxylic acids is 2. The summed E-state index contributed by atoms with van der Waals surface area (Å²) in [6, 6.07) is 16.1. The Labute approximate surface area is 288 Å². The van der Waals surface area contributed by atoms with Gasteiger partial charge >= 0.3 is 12.2 Å². The van der Waals surface area contributed by atoms with Crippen molar-refractivity contribution in [3.8, 4) is 22.5 Å². The van der Waals surface area contributed by atoms with Crippen LogP contribution in [0.5, 0.6) is 0 Å². The molecular formula is C38H48N6O5. The molecule has 0 aliphatic carbocycles. The lowest BCUT2D eigenvalue weighted by Crippen LogP contribution is -2.36. The first kappa shape index (κ1) is 34.2. The zero-order chi connectivity index (χ0) is 34.8. The van der Waals surface area contributed by atoms with Gasteiger partial charge in [-0.25, -0.2) is 19.6 Å². The lowest BCUT2D eigenvalue weighted by molar-refractivity contribution is 0.0208. The molecule has 2 amide bonds. The number of nitrogens with one attached hydrogen (secondary N) is 2. The Morgan fingerprint density at radius 2 is 1.22 bits per heavy atom. The summed E-state index contributed by atoms with van der Waals surface area (Å²) in [5.74, 6) is 1.55. The van der Waals surface area contributed by atoms with E-state index in [-0.39, 0.29) is 24.3 Å². The maximum absolute atomic E-state index is 12.8. The number of nitrogens with zero attached hydrogens (tertiary/aromatic N) is 4. The van der Waals surface area contributed by atoms with E-state index in [1.165, 1.54) is 0 Å². The Hall–Kier alpha value is -4.64. The summed E-state index contributed by atoms with van der Waals surface area (Å²) in [4.78, 5) is 45.4. The lowest BCUT2D eigenvalue weighted by Gasteiger charge is -2.27. The minimum absolute atomic E-state index is 0.119. The van der Waals surface area contributed by atoms with E-state index in [1.807, 2.05) is 84.3 Å². The molecule has 4 aromatic rings. The van der Waals surface area contributed by atoms with Gasteiger partial charge in [-0.2, -0.15) is 0 Å². The highest BCUT2D eigenvalue weighted by Gasteiger charge is 2.36. The molecule has 2 saturated heterocycles. The molecule has 0 bridgehead atoms. The molecule has 0 saturated carbocycles. The van der Waals surface area contributed by atoms with Gasteiger partial charge in [0.1, 0.15) is 22.9 Å². The van der Waals surface area contributed by atoms with Gasteiger partial charge in [-0.05, 0) is 84.4 Å². The van der Waals surface area contributed by atoms with E-state index in [0.717, 1.165) is 71.0 Å². The van der Waals surface area contributed by atoms with Crippen LogP contribution < -0.4 is 0 Å². The van der Waals surface area contributed by atoms with E-state index in [1.54, 1.807) is 9.80 Å². The average Bonchev–Trinajstić information content (AvgIpc) is 3.86. The standard InChI is InChI=1S/C38H48N6O5/c1-37(2,3)48-35(45)43-18-8-12-31(43)33-39-21-29(41-33)27-16-14-25(15-17-27)23-47-24-26-10-7-11-28(20-26)30-22-40-34(42-30)32-13-9-19-44(32)36(46)49-38(4,5)6/h7,10-11,14-17,20-22,31-32H,8-9,12-13,18-19,23-24H2,1-6H3,(H,39,41)(H,40,42)/t31-,32-/m0/s1. The molecule has 260 valence electrons. The van der Waals surface area contributed by atoms with Crippen LogP contribution in [0.1, 0.15) is 102 Å². The van der Waals surface area contributed by atoms with E-state index >= 15 is 0 Å². The Morgan fingerprint density at radius 3 is 1.76 bits per heavy atom. The van der Waals surface area contributed by atoms with E-state index in [2.05, 4.69) is 28.2 Å². The number of aromatic nitrogens is 4. The van der Waals surface area contributed by atoms with Crippen molar-refractivity contribution >= 4 is 12.2 Å². The van der Waals surface area contributed by atoms with Crippen molar-refractivity contribution in [1.82, 2.24) is 29.7 Å². The zero-order valence-corrected chi connectivity index (χ0v) is 29.4. The van der Waals surface area contributed by atoms with Gasteiger partial charge in [0.25, 0.3) is 0 Å². The number of benzene rings is 2. The molecule has 2 aliphatic rings. The third-order valence-corrected chi connectivity index (χ3v) is 8.60. The molecule has 2 aromatic carbocycles. The highest BCUT2D eigenvalue weighted by molar-refractivity contribution is 5.70. The molecule has 49 heavy (non-hydrogen) atoms. The minimum Gasteiger partial charge on any atom is -0.444 e. The summed E-state index contributed by atoms with van der Waals surface area (Å²) in [6.07, 6.45) is 6.72. The van der Waals surface area contributed by atoms with Gasteiger partial charge in [0.2, 0.25) is 0 Å². The largest absolute Gasteiger partial charge is 0.444 e. The van der Waals surface area contributed by atoms with Gasteiger partial charge in [0.05, 0.1) is 36.7 Å². The molecule has 0 spiro atoms. The molecule has 11 nitrogen and oxygen atoms in total. The Balaban J connectivity index is 1.02. The Morgan fingerprint density at radius 1 is 0.714 bits per heavy atom. The van der Waals surface area contributed by atoms with E-state index in [9.17, 15) is 9.59 Å². The fourth-order valence-electron chi connectivity index (χ4n) is 6.37. The number of amides is 2. The smallest absolute Gasteiger partial charge is 0.410 e. The highest BCUT2D eigenvalue weighted by Crippen LogP contribution is 2.34. The zero-order valence-electron chi connectivity index (χ0n) is 29.4. The van der Waals surface area contributed by atoms with Crippen LogP contribution in [0.3, 0.4) is 0 Å². The van der Waals surface area contributed by atoms with Gasteiger partial charge in [-0.1, -0.05) is 42.5 Å². The van der Waals surface area contributed by atoms with E-state index < -0.39 is 11.2 Å². The van der Waals surface area contributed by atoms with Crippen LogP contribution in [0, 0.1) is 0 Å². The van der Waals surface area contributed by atoms with Crippen molar-refractivity contribution in [1.29, 1.82) is 0 Å². The quantitative estimate of drug-likeness (QED) is 0.193. The maximum atomic E-state index is 12.8. The first-order valence-electron chi connectivity index (χ1n) is 17.2. The molecule has 2 atom stereocenters. The van der Waals surface area contributed by atoms with E-state index in [0.29, 0.717) is 26.3 Å². The summed E-state index contributed by atoms with van der Waals surface area (Å²) >= 11 is 0. The molecule has 4 heterocycles. The second-order valence-corrected chi connectivity index (χ2v) is 14.9. The van der Waals surface area contributed by atoms with Crippen molar-refractivity contribution in [3.63, 3.8) is 0 Å². The average molecular weight is 669 g/mol. The van der Waals surface area contributed by atoms with Crippen molar-refractivity contribution in [2.75, 3.05) is 13.1 Å². The van der Waals surface area contributed by atoms with Gasteiger partial charge in [-0.15, -0.1) is 0 Å². The number of hydrogen-bond donors (Lipinski definition) is 2. The van der Waals surface area contributed by atoms with Gasteiger partial charge in [-0.3, -0.25) is 9.80 Å². The molecule has 6 rings (SSSR count). The number of H-pyrrole nitrogens is 2. The molecule has 2 aliphatic heterocycles. The summed E-state index contributed by atoms with van der Waals surface area (Å²) in [5.41, 5.74) is 4.67. The number of carbonyl (C=O) groups is 2. The fourth-order valence-corrected chi connectivity index (χ4v) is 6.37. The van der Waals surface area contributed by atoms with Crippen LogP contribution in [0.2, 0.25) is 0 Å². The van der Waals surface area contributed by atoms with Crippen molar-refractivity contribution in [3.05, 3.63) is 83.7 Å².